The Morgan fingerprint density at radius 3 is 2.60 bits per heavy atom. The standard InChI is InChI=1S/C24H26N8O2S/c1-15-13-20-26-27-21(16(2)32(20)28-15)24(34)31-11-9-17(10-12-31)23-25-19(14-35-23)22(33)29-30(3)18-7-5-4-6-8-18/h4-8,13-14,17H,9-12H2,1-3H3,(H,29,33). The monoisotopic (exact) mass is 490 g/mol. The van der Waals surface area contributed by atoms with E-state index in [1.807, 2.05) is 55.1 Å². The van der Waals surface area contributed by atoms with Crippen LogP contribution in [0.4, 0.5) is 5.69 Å². The quantitative estimate of drug-likeness (QED) is 0.429. The van der Waals surface area contributed by atoms with Crippen LogP contribution in [0.15, 0.2) is 41.8 Å². The molecule has 5 rings (SSSR count). The van der Waals surface area contributed by atoms with Gasteiger partial charge in [-0.2, -0.15) is 5.10 Å². The summed E-state index contributed by atoms with van der Waals surface area (Å²) in [6, 6.07) is 11.4. The molecule has 0 radical (unpaired) electrons. The molecule has 10 nitrogen and oxygen atoms in total. The van der Waals surface area contributed by atoms with Crippen molar-refractivity contribution in [1.82, 2.24) is 35.1 Å². The third-order valence-corrected chi connectivity index (χ3v) is 7.23. The molecule has 0 spiro atoms. The summed E-state index contributed by atoms with van der Waals surface area (Å²) in [6.45, 7) is 4.92. The summed E-state index contributed by atoms with van der Waals surface area (Å²) in [4.78, 5) is 32.2. The van der Waals surface area contributed by atoms with Crippen molar-refractivity contribution in [3.63, 3.8) is 0 Å². The fraction of sp³-hybridized carbons (Fsp3) is 0.333. The molecular formula is C24H26N8O2S. The average molecular weight is 491 g/mol. The fourth-order valence-electron chi connectivity index (χ4n) is 4.26. The third kappa shape index (κ3) is 4.59. The Morgan fingerprint density at radius 1 is 1.11 bits per heavy atom. The van der Waals surface area contributed by atoms with Crippen molar-refractivity contribution in [2.45, 2.75) is 32.6 Å². The van der Waals surface area contributed by atoms with E-state index < -0.39 is 0 Å². The molecule has 0 saturated carbocycles. The number of thiazole rings is 1. The first-order chi connectivity index (χ1) is 16.9. The number of nitrogens with zero attached hydrogens (tertiary/aromatic N) is 7. The zero-order valence-electron chi connectivity index (χ0n) is 19.8. The van der Waals surface area contributed by atoms with E-state index in [1.165, 1.54) is 11.3 Å². The van der Waals surface area contributed by atoms with Gasteiger partial charge < -0.3 is 4.90 Å². The van der Waals surface area contributed by atoms with E-state index in [4.69, 9.17) is 0 Å². The number of piperidine rings is 1. The molecule has 2 amide bonds. The van der Waals surface area contributed by atoms with Crippen LogP contribution in [0.1, 0.15) is 56.1 Å². The molecule has 1 N–H and O–H groups in total. The lowest BCUT2D eigenvalue weighted by Gasteiger charge is -2.31. The van der Waals surface area contributed by atoms with Crippen molar-refractivity contribution in [1.29, 1.82) is 0 Å². The van der Waals surface area contributed by atoms with Crippen LogP contribution < -0.4 is 10.4 Å². The third-order valence-electron chi connectivity index (χ3n) is 6.23. The number of benzene rings is 1. The molecule has 0 bridgehead atoms. The fourth-order valence-corrected chi connectivity index (χ4v) is 5.23. The first-order valence-electron chi connectivity index (χ1n) is 11.4. The molecule has 180 valence electrons. The van der Waals surface area contributed by atoms with Crippen molar-refractivity contribution < 1.29 is 9.59 Å². The van der Waals surface area contributed by atoms with Gasteiger partial charge in [0.25, 0.3) is 11.8 Å². The zero-order chi connectivity index (χ0) is 24.5. The minimum Gasteiger partial charge on any atom is -0.337 e. The molecule has 0 atom stereocenters. The summed E-state index contributed by atoms with van der Waals surface area (Å²) in [7, 11) is 1.80. The predicted molar refractivity (Wildman–Crippen MR) is 133 cm³/mol. The molecule has 4 aromatic rings. The van der Waals surface area contributed by atoms with Crippen LogP contribution in [0.3, 0.4) is 0 Å². The van der Waals surface area contributed by atoms with Crippen LogP contribution in [0.25, 0.3) is 5.65 Å². The zero-order valence-corrected chi connectivity index (χ0v) is 20.6. The first-order valence-corrected chi connectivity index (χ1v) is 12.3. The molecule has 11 heteroatoms. The minimum atomic E-state index is -0.246. The number of aromatic nitrogens is 5. The highest BCUT2D eigenvalue weighted by Gasteiger charge is 2.29. The molecule has 0 unspecified atom stereocenters. The van der Waals surface area contributed by atoms with Gasteiger partial charge in [-0.05, 0) is 38.8 Å². The normalized spacial score (nSPS) is 14.3. The van der Waals surface area contributed by atoms with Gasteiger partial charge in [-0.1, -0.05) is 18.2 Å². The second-order valence-electron chi connectivity index (χ2n) is 8.66. The van der Waals surface area contributed by atoms with Gasteiger partial charge in [-0.3, -0.25) is 20.0 Å². The minimum absolute atomic E-state index is 0.133. The molecule has 4 heterocycles. The van der Waals surface area contributed by atoms with Crippen molar-refractivity contribution in [2.75, 3.05) is 25.1 Å². The number of hydrogen-bond acceptors (Lipinski definition) is 8. The van der Waals surface area contributed by atoms with Crippen LogP contribution in [-0.2, 0) is 0 Å². The molecular weight excluding hydrogens is 464 g/mol. The number of aryl methyl sites for hydroxylation is 2. The number of fused-ring (bicyclic) bond motifs is 1. The largest absolute Gasteiger partial charge is 0.337 e. The number of carbonyl (C=O) groups is 2. The van der Waals surface area contributed by atoms with E-state index in [0.717, 1.165) is 29.2 Å². The highest BCUT2D eigenvalue weighted by atomic mass is 32.1. The maximum absolute atomic E-state index is 13.1. The molecule has 35 heavy (non-hydrogen) atoms. The second kappa shape index (κ2) is 9.41. The Balaban J connectivity index is 1.21. The van der Waals surface area contributed by atoms with Gasteiger partial charge in [0.2, 0.25) is 0 Å². The lowest BCUT2D eigenvalue weighted by Crippen LogP contribution is -2.39. The van der Waals surface area contributed by atoms with Gasteiger partial charge in [-0.25, -0.2) is 9.50 Å². The number of amides is 2. The average Bonchev–Trinajstić information content (AvgIpc) is 3.52. The Kier molecular flexibility index (Phi) is 6.16. The molecule has 1 fully saturated rings. The number of hydrogen-bond donors (Lipinski definition) is 1. The Labute approximate surface area is 206 Å². The Morgan fingerprint density at radius 2 is 1.86 bits per heavy atom. The van der Waals surface area contributed by atoms with Gasteiger partial charge in [0.15, 0.2) is 11.3 Å². The van der Waals surface area contributed by atoms with Gasteiger partial charge in [0.05, 0.1) is 22.1 Å². The van der Waals surface area contributed by atoms with E-state index in [2.05, 4.69) is 25.7 Å². The molecule has 1 aromatic carbocycles. The smallest absolute Gasteiger partial charge is 0.289 e. The van der Waals surface area contributed by atoms with Crippen LogP contribution in [0, 0.1) is 13.8 Å². The number of para-hydroxylation sites is 1. The summed E-state index contributed by atoms with van der Waals surface area (Å²) in [6.07, 6.45) is 1.56. The van der Waals surface area contributed by atoms with E-state index in [9.17, 15) is 9.59 Å². The van der Waals surface area contributed by atoms with Gasteiger partial charge in [-0.15, -0.1) is 21.5 Å². The molecule has 0 aliphatic carbocycles. The van der Waals surface area contributed by atoms with Gasteiger partial charge in [0.1, 0.15) is 5.69 Å². The van der Waals surface area contributed by atoms with Crippen molar-refractivity contribution in [3.8, 4) is 0 Å². The van der Waals surface area contributed by atoms with Crippen LogP contribution in [0.5, 0.6) is 0 Å². The maximum Gasteiger partial charge on any atom is 0.289 e. The maximum atomic E-state index is 13.1. The van der Waals surface area contributed by atoms with Crippen LogP contribution in [-0.4, -0.2) is 61.6 Å². The molecule has 1 aliphatic heterocycles. The van der Waals surface area contributed by atoms with Crippen LogP contribution in [0.2, 0.25) is 0 Å². The lowest BCUT2D eigenvalue weighted by atomic mass is 9.97. The van der Waals surface area contributed by atoms with Crippen molar-refractivity contribution >= 4 is 34.5 Å². The summed E-state index contributed by atoms with van der Waals surface area (Å²) < 4.78 is 1.67. The van der Waals surface area contributed by atoms with Gasteiger partial charge >= 0.3 is 0 Å². The van der Waals surface area contributed by atoms with Crippen LogP contribution >= 0.6 is 11.3 Å². The Bertz CT molecular complexity index is 1370. The topological polar surface area (TPSA) is 109 Å². The van der Waals surface area contributed by atoms with E-state index >= 15 is 0 Å². The van der Waals surface area contributed by atoms with Crippen molar-refractivity contribution in [3.05, 3.63) is 69.6 Å². The highest BCUT2D eigenvalue weighted by molar-refractivity contribution is 7.09. The number of rotatable bonds is 5. The molecule has 1 aliphatic rings. The SMILES string of the molecule is Cc1cc2nnc(C(=O)N3CCC(c4nc(C(=O)NN(C)c5ccccc5)cs4)CC3)c(C)n2n1. The number of hydrazine groups is 1. The Hall–Kier alpha value is -3.86. The summed E-state index contributed by atoms with van der Waals surface area (Å²) in [5.74, 6) is -0.169. The summed E-state index contributed by atoms with van der Waals surface area (Å²) in [5, 5.41) is 17.1. The summed E-state index contributed by atoms with van der Waals surface area (Å²) in [5.41, 5.74) is 6.62. The molecule has 3 aromatic heterocycles. The predicted octanol–water partition coefficient (Wildman–Crippen LogP) is 3.00. The summed E-state index contributed by atoms with van der Waals surface area (Å²) >= 11 is 1.49. The first kappa shape index (κ1) is 22.9. The number of anilines is 1. The van der Waals surface area contributed by atoms with E-state index in [-0.39, 0.29) is 17.7 Å². The lowest BCUT2D eigenvalue weighted by molar-refractivity contribution is 0.0704. The van der Waals surface area contributed by atoms with Crippen molar-refractivity contribution in [2.24, 2.45) is 0 Å². The highest BCUT2D eigenvalue weighted by Crippen LogP contribution is 2.31. The molecule has 1 saturated heterocycles. The second-order valence-corrected chi connectivity index (χ2v) is 9.55. The number of likely N-dealkylation sites (tertiary alicyclic amines) is 1. The number of carbonyl (C=O) groups excluding carboxylic acids is 2. The van der Waals surface area contributed by atoms with Gasteiger partial charge in [0, 0.05) is 37.5 Å². The van der Waals surface area contributed by atoms with E-state index in [1.54, 1.807) is 22.0 Å². The number of nitrogens with one attached hydrogen (secondary N) is 1. The van der Waals surface area contributed by atoms with E-state index in [0.29, 0.717) is 35.8 Å².